The molecular weight excluding hydrogens is 464 g/mol. The molecule has 3 aromatic rings. The topological polar surface area (TPSA) is 46.3 Å². The molecule has 190 valence electrons. The molecule has 2 aromatic carbocycles. The molecule has 0 amide bonds. The van der Waals surface area contributed by atoms with Crippen LogP contribution in [-0.2, 0) is 17.9 Å². The summed E-state index contributed by atoms with van der Waals surface area (Å²) < 4.78 is 7.59. The van der Waals surface area contributed by atoms with Crippen molar-refractivity contribution in [2.75, 3.05) is 19.6 Å². The predicted octanol–water partition coefficient (Wildman–Crippen LogP) is 6.53. The molecule has 3 saturated heterocycles. The highest BCUT2D eigenvalue weighted by molar-refractivity contribution is 7.99. The number of nitrogens with zero attached hydrogens (tertiary/aromatic N) is 2. The van der Waals surface area contributed by atoms with E-state index in [1.165, 1.54) is 44.5 Å². The van der Waals surface area contributed by atoms with Gasteiger partial charge >= 0.3 is 0 Å². The van der Waals surface area contributed by atoms with Crippen LogP contribution in [0.25, 0.3) is 0 Å². The monoisotopic (exact) mass is 503 g/mol. The van der Waals surface area contributed by atoms with Crippen molar-refractivity contribution >= 4 is 11.8 Å². The molecule has 1 saturated carbocycles. The summed E-state index contributed by atoms with van der Waals surface area (Å²) in [5.74, 6) is 3.52. The maximum atomic E-state index is 12.2. The quantitative estimate of drug-likeness (QED) is 0.355. The summed E-state index contributed by atoms with van der Waals surface area (Å²) in [6, 6.07) is 21.0. The first-order valence-corrected chi connectivity index (χ1v) is 14.9. The highest BCUT2D eigenvalue weighted by Gasteiger charge is 2.48. The largest absolute Gasteiger partial charge is 0.436 e. The van der Waals surface area contributed by atoms with E-state index in [0.717, 1.165) is 59.7 Å². The Bertz CT molecular complexity index is 1120. The fourth-order valence-corrected chi connectivity index (χ4v) is 8.61. The molecule has 3 aliphatic heterocycles. The third-order valence-corrected chi connectivity index (χ3v) is 10.6. The van der Waals surface area contributed by atoms with Crippen molar-refractivity contribution in [1.82, 2.24) is 4.98 Å². The highest BCUT2D eigenvalue weighted by atomic mass is 32.2. The van der Waals surface area contributed by atoms with E-state index in [0.29, 0.717) is 11.1 Å². The van der Waals surface area contributed by atoms with Crippen molar-refractivity contribution in [1.29, 1.82) is 0 Å². The van der Waals surface area contributed by atoms with Crippen LogP contribution in [0.4, 0.5) is 0 Å². The van der Waals surface area contributed by atoms with Gasteiger partial charge in [0.1, 0.15) is 6.54 Å². The summed E-state index contributed by atoms with van der Waals surface area (Å²) in [6.07, 6.45) is 10.1. The van der Waals surface area contributed by atoms with Gasteiger partial charge in [-0.25, -0.2) is 4.98 Å². The van der Waals surface area contributed by atoms with Gasteiger partial charge < -0.3 is 14.0 Å². The van der Waals surface area contributed by atoms with Crippen molar-refractivity contribution < 1.29 is 14.0 Å². The van der Waals surface area contributed by atoms with Gasteiger partial charge in [0.15, 0.2) is 11.4 Å². The number of fused-ring (bicyclic) bond motifs is 3. The van der Waals surface area contributed by atoms with Gasteiger partial charge in [-0.2, -0.15) is 0 Å². The number of piperidine rings is 3. The Kier molecular flexibility index (Phi) is 6.98. The Morgan fingerprint density at radius 1 is 0.917 bits per heavy atom. The van der Waals surface area contributed by atoms with Gasteiger partial charge in [-0.3, -0.25) is 0 Å². The minimum Gasteiger partial charge on any atom is -0.436 e. The van der Waals surface area contributed by atoms with E-state index < -0.39 is 5.60 Å². The van der Waals surface area contributed by atoms with E-state index in [1.807, 2.05) is 36.5 Å². The second-order valence-corrected chi connectivity index (χ2v) is 12.6. The lowest BCUT2D eigenvalue weighted by Gasteiger charge is -2.52. The van der Waals surface area contributed by atoms with Crippen LogP contribution in [-0.4, -0.2) is 39.5 Å². The van der Waals surface area contributed by atoms with Crippen LogP contribution < -0.4 is 0 Å². The van der Waals surface area contributed by atoms with Crippen LogP contribution in [0.15, 0.2) is 71.3 Å². The van der Waals surface area contributed by atoms with Crippen LogP contribution in [0, 0.1) is 11.8 Å². The summed E-state index contributed by atoms with van der Waals surface area (Å²) in [5, 5.41) is 12.9. The van der Waals surface area contributed by atoms with Crippen LogP contribution in [0.2, 0.25) is 0 Å². The Labute approximate surface area is 219 Å². The Balaban J connectivity index is 1.20. The zero-order chi connectivity index (χ0) is 24.4. The minimum atomic E-state index is -1.15. The number of oxazole rings is 1. The number of aromatic nitrogens is 1. The van der Waals surface area contributed by atoms with Crippen molar-refractivity contribution in [3.05, 3.63) is 89.6 Å². The van der Waals surface area contributed by atoms with E-state index in [2.05, 4.69) is 42.1 Å². The Morgan fingerprint density at radius 2 is 1.61 bits per heavy atom. The molecule has 2 bridgehead atoms. The molecule has 4 aliphatic rings. The molecule has 1 aliphatic carbocycles. The second kappa shape index (κ2) is 10.4. The normalized spacial score (nSPS) is 28.1. The summed E-state index contributed by atoms with van der Waals surface area (Å²) in [6.45, 7) is 4.56. The first-order chi connectivity index (χ1) is 17.6. The van der Waals surface area contributed by atoms with Crippen LogP contribution >= 0.6 is 11.8 Å². The summed E-state index contributed by atoms with van der Waals surface area (Å²) >= 11 is 2.15. The molecule has 4 heterocycles. The standard InChI is InChI=1S/C31H39N2O2S/c34-31(26-12-6-2-7-13-26,27-14-8-3-9-15-27)30-32-20-28(35-30)21-33-18-16-25(17-19-33)29(22-33)36-23-24-10-4-1-5-11-24/h1-2,4-7,10-13,20,25,27,29,34H,3,8-9,14-19,21-23H2/q+1/t25?,29-,31-,33?/m0/s1. The molecule has 0 unspecified atom stereocenters. The molecule has 0 spiro atoms. The summed E-state index contributed by atoms with van der Waals surface area (Å²) in [7, 11) is 0. The summed E-state index contributed by atoms with van der Waals surface area (Å²) in [5.41, 5.74) is 1.19. The van der Waals surface area contributed by atoms with Gasteiger partial charge in [0.05, 0.1) is 31.1 Å². The molecule has 4 nitrogen and oxygen atoms in total. The maximum Gasteiger partial charge on any atom is 0.231 e. The third-order valence-electron chi connectivity index (χ3n) is 9.13. The lowest BCUT2D eigenvalue weighted by atomic mass is 9.73. The summed E-state index contributed by atoms with van der Waals surface area (Å²) in [4.78, 5) is 4.75. The van der Waals surface area contributed by atoms with E-state index in [-0.39, 0.29) is 5.92 Å². The van der Waals surface area contributed by atoms with Gasteiger partial charge in [0, 0.05) is 24.5 Å². The van der Waals surface area contributed by atoms with Gasteiger partial charge in [-0.05, 0) is 29.9 Å². The molecule has 2 atom stereocenters. The third kappa shape index (κ3) is 4.78. The molecule has 36 heavy (non-hydrogen) atoms. The molecule has 4 fully saturated rings. The minimum absolute atomic E-state index is 0.150. The fraction of sp³-hybridized carbons (Fsp3) is 0.516. The lowest BCUT2D eigenvalue weighted by molar-refractivity contribution is -0.954. The van der Waals surface area contributed by atoms with Crippen LogP contribution in [0.5, 0.6) is 0 Å². The van der Waals surface area contributed by atoms with Gasteiger partial charge in [-0.15, -0.1) is 11.8 Å². The zero-order valence-electron chi connectivity index (χ0n) is 21.2. The van der Waals surface area contributed by atoms with Crippen molar-refractivity contribution in [3.8, 4) is 0 Å². The zero-order valence-corrected chi connectivity index (χ0v) is 22.0. The Morgan fingerprint density at radius 3 is 2.33 bits per heavy atom. The number of rotatable bonds is 8. The first kappa shape index (κ1) is 24.3. The lowest BCUT2D eigenvalue weighted by Crippen LogP contribution is -2.62. The van der Waals surface area contributed by atoms with Gasteiger partial charge in [0.25, 0.3) is 0 Å². The molecule has 1 N–H and O–H groups in total. The second-order valence-electron chi connectivity index (χ2n) is 11.4. The van der Waals surface area contributed by atoms with Crippen LogP contribution in [0.3, 0.4) is 0 Å². The molecule has 5 heteroatoms. The maximum absolute atomic E-state index is 12.2. The van der Waals surface area contributed by atoms with Crippen molar-refractivity contribution in [3.63, 3.8) is 0 Å². The molecule has 0 radical (unpaired) electrons. The smallest absolute Gasteiger partial charge is 0.231 e. The van der Waals surface area contributed by atoms with Gasteiger partial charge in [0.2, 0.25) is 5.89 Å². The van der Waals surface area contributed by atoms with E-state index in [4.69, 9.17) is 9.40 Å². The molecule has 7 rings (SSSR count). The number of hydrogen-bond acceptors (Lipinski definition) is 4. The van der Waals surface area contributed by atoms with Gasteiger partial charge in [-0.1, -0.05) is 79.9 Å². The fourth-order valence-electron chi connectivity index (χ4n) is 7.04. The van der Waals surface area contributed by atoms with E-state index >= 15 is 0 Å². The van der Waals surface area contributed by atoms with Crippen molar-refractivity contribution in [2.24, 2.45) is 11.8 Å². The average molecular weight is 504 g/mol. The first-order valence-electron chi connectivity index (χ1n) is 13.9. The van der Waals surface area contributed by atoms with Crippen LogP contribution in [0.1, 0.15) is 67.7 Å². The average Bonchev–Trinajstić information content (AvgIpc) is 3.42. The number of aliphatic hydroxyl groups is 1. The number of hydrogen-bond donors (Lipinski definition) is 1. The molecule has 1 aromatic heterocycles. The van der Waals surface area contributed by atoms with E-state index in [1.54, 1.807) is 0 Å². The molecular formula is C31H39N2O2S+. The number of quaternary nitrogens is 1. The number of thioether (sulfide) groups is 1. The number of benzene rings is 2. The van der Waals surface area contributed by atoms with E-state index in [9.17, 15) is 5.11 Å². The Hall–Kier alpha value is -2.08. The SMILES string of the molecule is O[C@](c1ccccc1)(c1ncc(C[N+]23CCC(CC2)[C@@H](SCc2ccccc2)C3)o1)C1CCCCC1. The predicted molar refractivity (Wildman–Crippen MR) is 145 cm³/mol. The highest BCUT2D eigenvalue weighted by Crippen LogP contribution is 2.45. The van der Waals surface area contributed by atoms with Crippen molar-refractivity contribution in [2.45, 2.75) is 68.1 Å².